The van der Waals surface area contributed by atoms with Gasteiger partial charge in [-0.1, -0.05) is 6.07 Å². The first-order valence-electron chi connectivity index (χ1n) is 8.81. The number of benzene rings is 1. The number of piperazine rings is 1. The molecule has 5 rings (SSSR count). The lowest BCUT2D eigenvalue weighted by molar-refractivity contribution is 0.0746. The second kappa shape index (κ2) is 6.62. The number of rotatable bonds is 3. The van der Waals surface area contributed by atoms with Gasteiger partial charge in [-0.3, -0.25) is 9.89 Å². The van der Waals surface area contributed by atoms with E-state index in [1.807, 2.05) is 11.0 Å². The molecule has 0 unspecified atom stereocenters. The third kappa shape index (κ3) is 3.02. The molecule has 2 aliphatic rings. The summed E-state index contributed by atoms with van der Waals surface area (Å²) in [6.07, 6.45) is 0. The molecule has 7 nitrogen and oxygen atoms in total. The Morgan fingerprint density at radius 3 is 2.74 bits per heavy atom. The summed E-state index contributed by atoms with van der Waals surface area (Å²) in [6.45, 7) is 3.04. The predicted molar refractivity (Wildman–Crippen MR) is 103 cm³/mol. The second-order valence-electron chi connectivity index (χ2n) is 6.46. The van der Waals surface area contributed by atoms with Gasteiger partial charge in [0.2, 0.25) is 6.79 Å². The summed E-state index contributed by atoms with van der Waals surface area (Å²) in [7, 11) is 0. The van der Waals surface area contributed by atoms with Gasteiger partial charge in [0.05, 0.1) is 10.6 Å². The molecular weight excluding hydrogens is 364 g/mol. The smallest absolute Gasteiger partial charge is 0.254 e. The van der Waals surface area contributed by atoms with E-state index in [2.05, 4.69) is 32.6 Å². The molecule has 1 aromatic carbocycles. The van der Waals surface area contributed by atoms with E-state index in [4.69, 9.17) is 9.47 Å². The third-order valence-corrected chi connectivity index (χ3v) is 5.76. The molecule has 2 aliphatic heterocycles. The number of carbonyl (C=O) groups excluding carboxylic acids is 1. The van der Waals surface area contributed by atoms with Crippen LogP contribution < -0.4 is 14.4 Å². The molecule has 8 heteroatoms. The van der Waals surface area contributed by atoms with Crippen LogP contribution in [0.1, 0.15) is 10.4 Å². The number of nitrogens with one attached hydrogen (secondary N) is 1. The monoisotopic (exact) mass is 382 g/mol. The zero-order chi connectivity index (χ0) is 18.2. The zero-order valence-corrected chi connectivity index (χ0v) is 15.4. The summed E-state index contributed by atoms with van der Waals surface area (Å²) in [5, 5.41) is 9.59. The molecular formula is C19H18N4O3S. The van der Waals surface area contributed by atoms with Crippen molar-refractivity contribution in [1.29, 1.82) is 0 Å². The lowest BCUT2D eigenvalue weighted by atomic mass is 10.1. The van der Waals surface area contributed by atoms with Gasteiger partial charge >= 0.3 is 0 Å². The van der Waals surface area contributed by atoms with Crippen molar-refractivity contribution in [3.8, 4) is 22.1 Å². The number of amides is 1. The van der Waals surface area contributed by atoms with Gasteiger partial charge in [-0.15, -0.1) is 11.3 Å². The van der Waals surface area contributed by atoms with Crippen LogP contribution in [0.15, 0.2) is 41.8 Å². The Morgan fingerprint density at radius 2 is 1.93 bits per heavy atom. The van der Waals surface area contributed by atoms with Crippen LogP contribution in [-0.4, -0.2) is 54.0 Å². The number of thiophene rings is 1. The van der Waals surface area contributed by atoms with Crippen molar-refractivity contribution in [3.05, 3.63) is 47.3 Å². The average Bonchev–Trinajstić information content (AvgIpc) is 3.48. The molecule has 1 saturated heterocycles. The highest BCUT2D eigenvalue weighted by atomic mass is 32.1. The first-order valence-corrected chi connectivity index (χ1v) is 9.69. The number of fused-ring (bicyclic) bond motifs is 1. The summed E-state index contributed by atoms with van der Waals surface area (Å²) in [4.78, 5) is 18.0. The van der Waals surface area contributed by atoms with E-state index in [1.54, 1.807) is 29.5 Å². The van der Waals surface area contributed by atoms with Crippen LogP contribution in [0.25, 0.3) is 10.6 Å². The van der Waals surface area contributed by atoms with E-state index >= 15 is 0 Å². The first-order chi connectivity index (χ1) is 13.3. The number of hydrogen-bond acceptors (Lipinski definition) is 6. The minimum atomic E-state index is 0.0225. The number of aromatic amines is 1. The highest BCUT2D eigenvalue weighted by molar-refractivity contribution is 7.13. The van der Waals surface area contributed by atoms with Crippen molar-refractivity contribution < 1.29 is 14.3 Å². The van der Waals surface area contributed by atoms with Gasteiger partial charge in [-0.25, -0.2) is 0 Å². The highest BCUT2D eigenvalue weighted by Crippen LogP contribution is 2.33. The van der Waals surface area contributed by atoms with E-state index in [1.165, 1.54) is 4.88 Å². The molecule has 27 heavy (non-hydrogen) atoms. The Morgan fingerprint density at radius 1 is 1.07 bits per heavy atom. The maximum absolute atomic E-state index is 12.8. The molecule has 0 bridgehead atoms. The summed E-state index contributed by atoms with van der Waals surface area (Å²) < 4.78 is 10.7. The number of nitrogens with zero attached hydrogens (tertiary/aromatic N) is 3. The molecule has 1 amide bonds. The van der Waals surface area contributed by atoms with Crippen molar-refractivity contribution in [2.75, 3.05) is 37.9 Å². The Labute approximate surface area is 160 Å². The number of H-pyrrole nitrogens is 1. The van der Waals surface area contributed by atoms with Crippen LogP contribution in [0.4, 0.5) is 5.82 Å². The fourth-order valence-electron chi connectivity index (χ4n) is 3.38. The van der Waals surface area contributed by atoms with Gasteiger partial charge < -0.3 is 19.3 Å². The van der Waals surface area contributed by atoms with Crippen LogP contribution in [-0.2, 0) is 0 Å². The van der Waals surface area contributed by atoms with Gasteiger partial charge in [-0.2, -0.15) is 5.10 Å². The minimum Gasteiger partial charge on any atom is -0.454 e. The van der Waals surface area contributed by atoms with Crippen LogP contribution in [0.5, 0.6) is 11.5 Å². The Hall–Kier alpha value is -3.00. The average molecular weight is 382 g/mol. The Kier molecular flexibility index (Phi) is 3.97. The lowest BCUT2D eigenvalue weighted by Crippen LogP contribution is -2.48. The highest BCUT2D eigenvalue weighted by Gasteiger charge is 2.25. The normalized spacial score (nSPS) is 16.0. The standard InChI is InChI=1S/C19H18N4O3S/c24-19(13-3-4-15-16(10-13)26-12-25-15)23-7-5-22(6-8-23)18-11-14(20-21-18)17-2-1-9-27-17/h1-4,9-11H,5-8,12H2,(H,20,21). The maximum atomic E-state index is 12.8. The van der Waals surface area contributed by atoms with Crippen LogP contribution in [0.2, 0.25) is 0 Å². The van der Waals surface area contributed by atoms with Crippen molar-refractivity contribution in [3.63, 3.8) is 0 Å². The molecule has 0 aliphatic carbocycles. The van der Waals surface area contributed by atoms with Crippen LogP contribution in [0.3, 0.4) is 0 Å². The van der Waals surface area contributed by atoms with E-state index in [9.17, 15) is 4.79 Å². The molecule has 1 fully saturated rings. The first kappa shape index (κ1) is 16.2. The van der Waals surface area contributed by atoms with Crippen molar-refractivity contribution in [1.82, 2.24) is 15.1 Å². The molecule has 2 aromatic heterocycles. The van der Waals surface area contributed by atoms with E-state index < -0.39 is 0 Å². The van der Waals surface area contributed by atoms with E-state index in [-0.39, 0.29) is 12.7 Å². The molecule has 0 radical (unpaired) electrons. The number of ether oxygens (including phenoxy) is 2. The maximum Gasteiger partial charge on any atom is 0.254 e. The SMILES string of the molecule is O=C(c1ccc2c(c1)OCO2)N1CCN(c2cc(-c3cccs3)[nH]n2)CC1. The van der Waals surface area contributed by atoms with Crippen molar-refractivity contribution >= 4 is 23.1 Å². The molecule has 1 N–H and O–H groups in total. The summed E-state index contributed by atoms with van der Waals surface area (Å²) in [5.74, 6) is 2.27. The van der Waals surface area contributed by atoms with Gasteiger partial charge in [-0.05, 0) is 29.6 Å². The molecule has 0 spiro atoms. The number of hydrogen-bond donors (Lipinski definition) is 1. The van der Waals surface area contributed by atoms with Crippen LogP contribution in [0, 0.1) is 0 Å². The fourth-order valence-corrected chi connectivity index (χ4v) is 4.07. The third-order valence-electron chi connectivity index (χ3n) is 4.86. The number of anilines is 1. The number of aromatic nitrogens is 2. The molecule has 138 valence electrons. The fraction of sp³-hybridized carbons (Fsp3) is 0.263. The minimum absolute atomic E-state index is 0.0225. The van der Waals surface area contributed by atoms with Crippen molar-refractivity contribution in [2.24, 2.45) is 0 Å². The van der Waals surface area contributed by atoms with Crippen LogP contribution >= 0.6 is 11.3 Å². The number of carbonyl (C=O) groups is 1. The second-order valence-corrected chi connectivity index (χ2v) is 7.41. The van der Waals surface area contributed by atoms with Gasteiger partial charge in [0.25, 0.3) is 5.91 Å². The Balaban J connectivity index is 1.24. The van der Waals surface area contributed by atoms with E-state index in [0.717, 1.165) is 24.6 Å². The zero-order valence-electron chi connectivity index (χ0n) is 14.6. The summed E-state index contributed by atoms with van der Waals surface area (Å²) >= 11 is 1.68. The Bertz CT molecular complexity index is 961. The molecule has 0 atom stereocenters. The van der Waals surface area contributed by atoms with Gasteiger partial charge in [0, 0.05) is 37.8 Å². The predicted octanol–water partition coefficient (Wildman–Crippen LogP) is 2.83. The molecule has 3 aromatic rings. The topological polar surface area (TPSA) is 70.7 Å². The van der Waals surface area contributed by atoms with Gasteiger partial charge in [0.15, 0.2) is 17.3 Å². The molecule has 4 heterocycles. The summed E-state index contributed by atoms with van der Waals surface area (Å²) in [5.41, 5.74) is 1.66. The largest absolute Gasteiger partial charge is 0.454 e. The van der Waals surface area contributed by atoms with E-state index in [0.29, 0.717) is 30.2 Å². The summed E-state index contributed by atoms with van der Waals surface area (Å²) in [6, 6.07) is 11.5. The quantitative estimate of drug-likeness (QED) is 0.754. The van der Waals surface area contributed by atoms with Crippen molar-refractivity contribution in [2.45, 2.75) is 0 Å². The molecule has 0 saturated carbocycles. The lowest BCUT2D eigenvalue weighted by Gasteiger charge is -2.34. The van der Waals surface area contributed by atoms with Gasteiger partial charge in [0.1, 0.15) is 0 Å².